The molecule has 3 N–H and O–H groups in total. The van der Waals surface area contributed by atoms with E-state index in [-0.39, 0.29) is 28.6 Å². The van der Waals surface area contributed by atoms with E-state index in [1.165, 1.54) is 12.1 Å². The van der Waals surface area contributed by atoms with Crippen LogP contribution < -0.4 is 11.1 Å². The third kappa shape index (κ3) is 3.21. The van der Waals surface area contributed by atoms with E-state index in [4.69, 9.17) is 17.3 Å². The summed E-state index contributed by atoms with van der Waals surface area (Å²) in [6.45, 7) is -0.185. The zero-order valence-electron chi connectivity index (χ0n) is 10.2. The summed E-state index contributed by atoms with van der Waals surface area (Å²) < 4.78 is 26.4. The predicted octanol–water partition coefficient (Wildman–Crippen LogP) is 2.53. The van der Waals surface area contributed by atoms with Gasteiger partial charge in [0.1, 0.15) is 23.1 Å². The van der Waals surface area contributed by atoms with Gasteiger partial charge in [-0.05, 0) is 30.3 Å². The molecular formula is C13H10ClF2N3O. The van der Waals surface area contributed by atoms with Gasteiger partial charge < -0.3 is 11.1 Å². The van der Waals surface area contributed by atoms with Crippen molar-refractivity contribution in [2.24, 2.45) is 0 Å². The van der Waals surface area contributed by atoms with Crippen molar-refractivity contribution in [1.29, 1.82) is 0 Å². The van der Waals surface area contributed by atoms with Crippen LogP contribution in [0.15, 0.2) is 30.3 Å². The van der Waals surface area contributed by atoms with Crippen LogP contribution in [0.1, 0.15) is 16.1 Å². The number of nitrogen functional groups attached to an aromatic ring is 1. The first-order valence-corrected chi connectivity index (χ1v) is 5.99. The molecule has 0 aliphatic rings. The Morgan fingerprint density at radius 2 is 2.05 bits per heavy atom. The van der Waals surface area contributed by atoms with Crippen LogP contribution in [-0.2, 0) is 6.54 Å². The van der Waals surface area contributed by atoms with Gasteiger partial charge in [0.05, 0.1) is 5.02 Å². The maximum Gasteiger partial charge on any atom is 0.271 e. The number of carbonyl (C=O) groups excluding carboxylic acids is 1. The largest absolute Gasteiger partial charge is 0.384 e. The number of nitrogens with two attached hydrogens (primary N) is 1. The minimum Gasteiger partial charge on any atom is -0.384 e. The van der Waals surface area contributed by atoms with Gasteiger partial charge in [0.15, 0.2) is 0 Å². The van der Waals surface area contributed by atoms with E-state index >= 15 is 0 Å². The Balaban J connectivity index is 2.12. The van der Waals surface area contributed by atoms with Crippen LogP contribution in [-0.4, -0.2) is 10.9 Å². The lowest BCUT2D eigenvalue weighted by atomic mass is 10.2. The van der Waals surface area contributed by atoms with Crippen LogP contribution >= 0.6 is 11.6 Å². The number of pyridine rings is 1. The number of aromatic nitrogens is 1. The van der Waals surface area contributed by atoms with Crippen LogP contribution in [0.25, 0.3) is 0 Å². The predicted molar refractivity (Wildman–Crippen MR) is 71.2 cm³/mol. The zero-order chi connectivity index (χ0) is 14.7. The summed E-state index contributed by atoms with van der Waals surface area (Å²) >= 11 is 5.82. The van der Waals surface area contributed by atoms with Crippen LogP contribution in [0.4, 0.5) is 14.6 Å². The minimum atomic E-state index is -0.619. The van der Waals surface area contributed by atoms with Crippen molar-refractivity contribution in [3.8, 4) is 0 Å². The number of nitrogens with one attached hydrogen (secondary N) is 1. The van der Waals surface area contributed by atoms with Crippen molar-refractivity contribution < 1.29 is 13.6 Å². The van der Waals surface area contributed by atoms with E-state index in [2.05, 4.69) is 10.3 Å². The molecule has 0 aliphatic heterocycles. The molecule has 0 fully saturated rings. The molecule has 1 heterocycles. The normalized spacial score (nSPS) is 10.3. The summed E-state index contributed by atoms with van der Waals surface area (Å²) in [6.07, 6.45) is 0. The van der Waals surface area contributed by atoms with E-state index in [1.807, 2.05) is 0 Å². The van der Waals surface area contributed by atoms with Crippen LogP contribution in [0, 0.1) is 11.6 Å². The Kier molecular flexibility index (Phi) is 4.14. The number of rotatable bonds is 3. The molecule has 104 valence electrons. The number of nitrogens with zero attached hydrogens (tertiary/aromatic N) is 1. The molecule has 4 nitrogen and oxygen atoms in total. The summed E-state index contributed by atoms with van der Waals surface area (Å²) in [7, 11) is 0. The Bertz CT molecular complexity index is 664. The molecule has 0 bridgehead atoms. The fourth-order valence-electron chi connectivity index (χ4n) is 1.55. The van der Waals surface area contributed by atoms with Gasteiger partial charge in [0.2, 0.25) is 0 Å². The molecule has 0 saturated heterocycles. The van der Waals surface area contributed by atoms with Gasteiger partial charge in [0.25, 0.3) is 5.91 Å². The summed E-state index contributed by atoms with van der Waals surface area (Å²) in [6, 6.07) is 5.87. The second-order valence-corrected chi connectivity index (χ2v) is 4.39. The summed E-state index contributed by atoms with van der Waals surface area (Å²) in [5.74, 6) is -1.68. The first-order valence-electron chi connectivity index (χ1n) is 5.61. The van der Waals surface area contributed by atoms with Gasteiger partial charge in [-0.3, -0.25) is 4.79 Å². The van der Waals surface area contributed by atoms with Gasteiger partial charge >= 0.3 is 0 Å². The Morgan fingerprint density at radius 3 is 2.80 bits per heavy atom. The lowest BCUT2D eigenvalue weighted by Crippen LogP contribution is -2.25. The molecule has 0 aliphatic carbocycles. The second kappa shape index (κ2) is 5.83. The highest BCUT2D eigenvalue weighted by molar-refractivity contribution is 6.33. The highest BCUT2D eigenvalue weighted by Crippen LogP contribution is 2.15. The number of anilines is 1. The smallest absolute Gasteiger partial charge is 0.271 e. The summed E-state index contributed by atoms with van der Waals surface area (Å²) in [4.78, 5) is 15.6. The number of hydrogen-bond donors (Lipinski definition) is 2. The number of benzene rings is 1. The molecule has 2 aromatic rings. The van der Waals surface area contributed by atoms with Crippen LogP contribution in [0.2, 0.25) is 5.02 Å². The summed E-state index contributed by atoms with van der Waals surface area (Å²) in [5, 5.41) is 2.52. The topological polar surface area (TPSA) is 68.0 Å². The van der Waals surface area contributed by atoms with E-state index in [0.717, 1.165) is 18.2 Å². The molecule has 0 unspecified atom stereocenters. The molecule has 1 amide bonds. The van der Waals surface area contributed by atoms with Gasteiger partial charge in [-0.2, -0.15) is 0 Å². The Morgan fingerprint density at radius 1 is 1.30 bits per heavy atom. The van der Waals surface area contributed by atoms with Crippen molar-refractivity contribution in [3.05, 3.63) is 58.2 Å². The Hall–Kier alpha value is -2.21. The highest BCUT2D eigenvalue weighted by Gasteiger charge is 2.13. The molecule has 0 saturated carbocycles. The van der Waals surface area contributed by atoms with Crippen LogP contribution in [0.5, 0.6) is 0 Å². The molecule has 0 spiro atoms. The van der Waals surface area contributed by atoms with Crippen molar-refractivity contribution in [3.63, 3.8) is 0 Å². The molecule has 1 aromatic heterocycles. The highest BCUT2D eigenvalue weighted by atomic mass is 35.5. The van der Waals surface area contributed by atoms with Gasteiger partial charge in [-0.15, -0.1) is 0 Å². The Labute approximate surface area is 118 Å². The average Bonchev–Trinajstić information content (AvgIpc) is 2.42. The van der Waals surface area contributed by atoms with E-state index in [1.54, 1.807) is 0 Å². The average molecular weight is 298 g/mol. The standard InChI is InChI=1S/C13H10ClF2N3O/c14-9-2-4-11(17)19-12(9)13(20)18-6-7-5-8(15)1-3-10(7)16/h1-5H,6H2,(H2,17,19)(H,18,20). The zero-order valence-corrected chi connectivity index (χ0v) is 10.9. The molecule has 7 heteroatoms. The van der Waals surface area contributed by atoms with E-state index in [0.29, 0.717) is 0 Å². The first-order chi connectivity index (χ1) is 9.47. The first kappa shape index (κ1) is 14.2. The SMILES string of the molecule is Nc1ccc(Cl)c(C(=O)NCc2cc(F)ccc2F)n1. The van der Waals surface area contributed by atoms with E-state index in [9.17, 15) is 13.6 Å². The second-order valence-electron chi connectivity index (χ2n) is 3.98. The number of halogens is 3. The van der Waals surface area contributed by atoms with Gasteiger partial charge in [0, 0.05) is 12.1 Å². The van der Waals surface area contributed by atoms with Crippen molar-refractivity contribution in [1.82, 2.24) is 10.3 Å². The minimum absolute atomic E-state index is 0.0263. The molecule has 2 rings (SSSR count). The maximum absolute atomic E-state index is 13.4. The van der Waals surface area contributed by atoms with E-state index < -0.39 is 17.5 Å². The fraction of sp³-hybridized carbons (Fsp3) is 0.0769. The van der Waals surface area contributed by atoms with Crippen molar-refractivity contribution in [2.45, 2.75) is 6.54 Å². The lowest BCUT2D eigenvalue weighted by Gasteiger charge is -2.07. The maximum atomic E-state index is 13.4. The van der Waals surface area contributed by atoms with Crippen molar-refractivity contribution >= 4 is 23.3 Å². The third-order valence-electron chi connectivity index (χ3n) is 2.53. The van der Waals surface area contributed by atoms with Crippen molar-refractivity contribution in [2.75, 3.05) is 5.73 Å². The fourth-order valence-corrected chi connectivity index (χ4v) is 1.75. The monoisotopic (exact) mass is 297 g/mol. The molecular weight excluding hydrogens is 288 g/mol. The van der Waals surface area contributed by atoms with Gasteiger partial charge in [-0.1, -0.05) is 11.6 Å². The number of amides is 1. The third-order valence-corrected chi connectivity index (χ3v) is 2.83. The number of carbonyl (C=O) groups is 1. The lowest BCUT2D eigenvalue weighted by molar-refractivity contribution is 0.0946. The molecule has 1 aromatic carbocycles. The van der Waals surface area contributed by atoms with Gasteiger partial charge in [-0.25, -0.2) is 13.8 Å². The molecule has 20 heavy (non-hydrogen) atoms. The molecule has 0 radical (unpaired) electrons. The quantitative estimate of drug-likeness (QED) is 0.915. The summed E-state index contributed by atoms with van der Waals surface area (Å²) in [5.41, 5.74) is 5.42. The number of hydrogen-bond acceptors (Lipinski definition) is 3. The molecule has 0 atom stereocenters. The van der Waals surface area contributed by atoms with Crippen LogP contribution in [0.3, 0.4) is 0 Å².